The van der Waals surface area contributed by atoms with Gasteiger partial charge >= 0.3 is 18.4 Å². The summed E-state index contributed by atoms with van der Waals surface area (Å²) >= 11 is 0. The molecule has 0 saturated carbocycles. The lowest BCUT2D eigenvalue weighted by atomic mass is 9.95. The zero-order chi connectivity index (χ0) is 33.1. The molecule has 0 unspecified atom stereocenters. The zero-order valence-corrected chi connectivity index (χ0v) is 26.4. The molecule has 5 rings (SSSR count). The molecule has 0 bridgehead atoms. The van der Waals surface area contributed by atoms with Crippen molar-refractivity contribution in [2.24, 2.45) is 0 Å². The molecule has 0 radical (unpaired) electrons. The fraction of sp³-hybridized carbons (Fsp3) is 0.500. The van der Waals surface area contributed by atoms with Crippen LogP contribution in [0, 0.1) is 5.82 Å². The Hall–Kier alpha value is -4.09. The molecule has 248 valence electrons. The number of nitrogens with zero attached hydrogens (tertiary/aromatic N) is 4. The van der Waals surface area contributed by atoms with Crippen LogP contribution in [0.1, 0.15) is 75.7 Å². The summed E-state index contributed by atoms with van der Waals surface area (Å²) in [6, 6.07) is 12.1. The molecule has 2 aliphatic rings. The lowest BCUT2D eigenvalue weighted by molar-refractivity contribution is -0.139. The van der Waals surface area contributed by atoms with Crippen molar-refractivity contribution in [3.8, 4) is 11.3 Å². The van der Waals surface area contributed by atoms with E-state index < -0.39 is 35.3 Å². The van der Waals surface area contributed by atoms with Crippen LogP contribution < -0.4 is 0 Å². The Morgan fingerprint density at radius 3 is 2.33 bits per heavy atom. The van der Waals surface area contributed by atoms with E-state index in [0.29, 0.717) is 44.8 Å². The second kappa shape index (κ2) is 13.7. The number of halogens is 4. The standard InChI is InChI=1S/C34H40F4N4O4/c1-33(2,3)46-31(43)40-17-14-24(15-18-40)30-39-29(25-12-13-28(35)27(19-25)34(36,37)38)21-41(30)20-26-11-7-8-16-42(26)32(44)45-22-23-9-5-4-6-10-23/h4-6,9-10,12-13,19,21,24,26H,7-8,11,14-18,20,22H2,1-3H3/t26-/m0/s1. The number of amides is 2. The molecular formula is C34H40F4N4O4. The van der Waals surface area contributed by atoms with Gasteiger partial charge in [0.25, 0.3) is 0 Å². The number of benzene rings is 2. The Balaban J connectivity index is 1.40. The van der Waals surface area contributed by atoms with E-state index >= 15 is 0 Å². The molecule has 3 aromatic rings. The smallest absolute Gasteiger partial charge is 0.419 e. The van der Waals surface area contributed by atoms with E-state index in [9.17, 15) is 27.2 Å². The Kier molecular flexibility index (Phi) is 9.93. The summed E-state index contributed by atoms with van der Waals surface area (Å²) in [5.41, 5.74) is -0.684. The Morgan fingerprint density at radius 2 is 1.65 bits per heavy atom. The first-order valence-corrected chi connectivity index (χ1v) is 15.7. The first kappa shape index (κ1) is 33.3. The van der Waals surface area contributed by atoms with Crippen LogP contribution in [-0.4, -0.2) is 62.8 Å². The largest absolute Gasteiger partial charge is 0.445 e. The van der Waals surface area contributed by atoms with Crippen LogP contribution in [0.25, 0.3) is 11.3 Å². The third-order valence-corrected chi connectivity index (χ3v) is 8.36. The minimum Gasteiger partial charge on any atom is -0.445 e. The highest BCUT2D eigenvalue weighted by atomic mass is 19.4. The third kappa shape index (κ3) is 8.19. The minimum atomic E-state index is -4.86. The van der Waals surface area contributed by atoms with E-state index in [1.165, 1.54) is 6.07 Å². The van der Waals surface area contributed by atoms with Crippen molar-refractivity contribution in [1.82, 2.24) is 19.4 Å². The number of carbonyl (C=O) groups excluding carboxylic acids is 2. The highest BCUT2D eigenvalue weighted by Gasteiger charge is 2.36. The maximum absolute atomic E-state index is 14.1. The number of likely N-dealkylation sites (tertiary alicyclic amines) is 2. The molecule has 3 heterocycles. The highest BCUT2D eigenvalue weighted by Crippen LogP contribution is 2.36. The van der Waals surface area contributed by atoms with E-state index in [-0.39, 0.29) is 29.8 Å². The van der Waals surface area contributed by atoms with Crippen molar-refractivity contribution >= 4 is 12.2 Å². The van der Waals surface area contributed by atoms with Gasteiger partial charge in [-0.15, -0.1) is 0 Å². The molecule has 2 saturated heterocycles. The molecule has 46 heavy (non-hydrogen) atoms. The molecule has 0 aliphatic carbocycles. The molecule has 1 aromatic heterocycles. The van der Waals surface area contributed by atoms with Gasteiger partial charge in [0, 0.05) is 43.9 Å². The average Bonchev–Trinajstić information content (AvgIpc) is 3.43. The first-order chi connectivity index (χ1) is 21.8. The van der Waals surface area contributed by atoms with Crippen molar-refractivity contribution in [1.29, 1.82) is 0 Å². The van der Waals surface area contributed by atoms with Crippen molar-refractivity contribution in [3.05, 3.63) is 77.5 Å². The fourth-order valence-electron chi connectivity index (χ4n) is 6.05. The van der Waals surface area contributed by atoms with Crippen molar-refractivity contribution in [3.63, 3.8) is 0 Å². The van der Waals surface area contributed by atoms with Crippen LogP contribution in [-0.2, 0) is 28.8 Å². The lowest BCUT2D eigenvalue weighted by Crippen LogP contribution is -2.46. The zero-order valence-electron chi connectivity index (χ0n) is 26.4. The number of carbonyl (C=O) groups is 2. The van der Waals surface area contributed by atoms with Crippen molar-refractivity contribution in [2.45, 2.75) is 89.8 Å². The van der Waals surface area contributed by atoms with Gasteiger partial charge in [0.1, 0.15) is 23.8 Å². The molecule has 12 heteroatoms. The number of hydrogen-bond donors (Lipinski definition) is 0. The number of rotatable bonds is 6. The van der Waals surface area contributed by atoms with Gasteiger partial charge in [-0.25, -0.2) is 19.0 Å². The Labute approximate surface area is 266 Å². The van der Waals surface area contributed by atoms with Gasteiger partial charge in [0.2, 0.25) is 0 Å². The second-order valence-electron chi connectivity index (χ2n) is 13.0. The number of imidazole rings is 1. The van der Waals surface area contributed by atoms with Gasteiger partial charge in [-0.3, -0.25) is 0 Å². The van der Waals surface area contributed by atoms with Crippen molar-refractivity contribution in [2.75, 3.05) is 19.6 Å². The van der Waals surface area contributed by atoms with E-state index in [0.717, 1.165) is 37.0 Å². The molecule has 0 N–H and O–H groups in total. The summed E-state index contributed by atoms with van der Waals surface area (Å²) in [5, 5.41) is 0. The molecule has 1 atom stereocenters. The third-order valence-electron chi connectivity index (χ3n) is 8.36. The van der Waals surface area contributed by atoms with Crippen LogP contribution in [0.15, 0.2) is 54.7 Å². The summed E-state index contributed by atoms with van der Waals surface area (Å²) in [6.07, 6.45) is -0.390. The van der Waals surface area contributed by atoms with Gasteiger partial charge in [-0.05, 0) is 76.6 Å². The predicted octanol–water partition coefficient (Wildman–Crippen LogP) is 8.01. The number of piperidine rings is 2. The maximum Gasteiger partial charge on any atom is 0.419 e. The maximum atomic E-state index is 14.1. The summed E-state index contributed by atoms with van der Waals surface area (Å²) in [7, 11) is 0. The van der Waals surface area contributed by atoms with E-state index in [2.05, 4.69) is 0 Å². The molecule has 8 nitrogen and oxygen atoms in total. The molecule has 2 aromatic carbocycles. The van der Waals surface area contributed by atoms with Gasteiger partial charge in [-0.1, -0.05) is 30.3 Å². The highest BCUT2D eigenvalue weighted by molar-refractivity contribution is 5.69. The monoisotopic (exact) mass is 644 g/mol. The van der Waals surface area contributed by atoms with E-state index in [1.54, 1.807) is 16.0 Å². The lowest BCUT2D eigenvalue weighted by Gasteiger charge is -2.36. The molecule has 0 spiro atoms. The second-order valence-corrected chi connectivity index (χ2v) is 13.0. The van der Waals surface area contributed by atoms with Crippen LogP contribution >= 0.6 is 0 Å². The summed E-state index contributed by atoms with van der Waals surface area (Å²) in [5.74, 6) is -0.797. The number of alkyl halides is 3. The number of hydrogen-bond acceptors (Lipinski definition) is 5. The van der Waals surface area contributed by atoms with E-state index in [1.807, 2.05) is 55.7 Å². The number of ether oxygens (including phenoxy) is 2. The molecule has 2 aliphatic heterocycles. The topological polar surface area (TPSA) is 76.9 Å². The van der Waals surface area contributed by atoms with Crippen LogP contribution in [0.4, 0.5) is 27.2 Å². The molecular weight excluding hydrogens is 604 g/mol. The summed E-state index contributed by atoms with van der Waals surface area (Å²) in [4.78, 5) is 34.1. The normalized spacial score (nSPS) is 18.0. The Morgan fingerprint density at radius 1 is 0.935 bits per heavy atom. The fourth-order valence-corrected chi connectivity index (χ4v) is 6.05. The van der Waals surface area contributed by atoms with Gasteiger partial charge in [0.05, 0.1) is 17.3 Å². The number of aromatic nitrogens is 2. The summed E-state index contributed by atoms with van der Waals surface area (Å²) < 4.78 is 67.9. The van der Waals surface area contributed by atoms with Crippen LogP contribution in [0.3, 0.4) is 0 Å². The SMILES string of the molecule is CC(C)(C)OC(=O)N1CCC(c2nc(-c3ccc(F)c(C(F)(F)F)c3)cn2C[C@@H]2CCCCN2C(=O)OCc2ccccc2)CC1. The van der Waals surface area contributed by atoms with Gasteiger partial charge < -0.3 is 23.8 Å². The van der Waals surface area contributed by atoms with Crippen LogP contribution in [0.2, 0.25) is 0 Å². The molecule has 2 amide bonds. The predicted molar refractivity (Wildman–Crippen MR) is 163 cm³/mol. The van der Waals surface area contributed by atoms with Crippen molar-refractivity contribution < 1.29 is 36.6 Å². The van der Waals surface area contributed by atoms with Gasteiger partial charge in [0.15, 0.2) is 0 Å². The minimum absolute atomic E-state index is 0.1000. The first-order valence-electron chi connectivity index (χ1n) is 15.7. The quantitative estimate of drug-likeness (QED) is 0.254. The van der Waals surface area contributed by atoms with Crippen LogP contribution in [0.5, 0.6) is 0 Å². The van der Waals surface area contributed by atoms with Gasteiger partial charge in [-0.2, -0.15) is 13.2 Å². The average molecular weight is 645 g/mol. The summed E-state index contributed by atoms with van der Waals surface area (Å²) in [6.45, 7) is 7.31. The molecule has 2 fully saturated rings. The van der Waals surface area contributed by atoms with E-state index in [4.69, 9.17) is 14.5 Å². The Bertz CT molecular complexity index is 1510.